The Kier molecular flexibility index (Phi) is 8.79. The minimum Gasteiger partial charge on any atom is -0.329 e. The van der Waals surface area contributed by atoms with E-state index in [0.717, 1.165) is 16.8 Å². The predicted octanol–water partition coefficient (Wildman–Crippen LogP) is 5.09. The molecule has 0 unspecified atom stereocenters. The van der Waals surface area contributed by atoms with Gasteiger partial charge in [0.15, 0.2) is 5.13 Å². The lowest BCUT2D eigenvalue weighted by Gasteiger charge is -2.21. The summed E-state index contributed by atoms with van der Waals surface area (Å²) in [5.41, 5.74) is 4.02. The van der Waals surface area contributed by atoms with Gasteiger partial charge in [-0.05, 0) is 67.8 Å². The van der Waals surface area contributed by atoms with Gasteiger partial charge in [0.05, 0.1) is 12.1 Å². The molecule has 9 heteroatoms. The second kappa shape index (κ2) is 11.8. The van der Waals surface area contributed by atoms with Crippen molar-refractivity contribution in [2.45, 2.75) is 33.6 Å². The van der Waals surface area contributed by atoms with Crippen molar-refractivity contribution >= 4 is 51.5 Å². The summed E-state index contributed by atoms with van der Waals surface area (Å²) in [6.45, 7) is 6.29. The van der Waals surface area contributed by atoms with Gasteiger partial charge < -0.3 is 15.5 Å². The summed E-state index contributed by atoms with van der Waals surface area (Å²) >= 11 is 7.13. The number of hydrogen-bond acceptors (Lipinski definition) is 5. The van der Waals surface area contributed by atoms with Crippen LogP contribution in [0.15, 0.2) is 47.8 Å². The van der Waals surface area contributed by atoms with Gasteiger partial charge in [-0.25, -0.2) is 4.98 Å². The second-order valence-electron chi connectivity index (χ2n) is 7.95. The molecule has 2 N–H and O–H groups in total. The third-order valence-electron chi connectivity index (χ3n) is 5.14. The summed E-state index contributed by atoms with van der Waals surface area (Å²) in [6, 6.07) is 12.3. The van der Waals surface area contributed by atoms with E-state index in [-0.39, 0.29) is 30.7 Å². The number of rotatable bonds is 9. The van der Waals surface area contributed by atoms with Crippen LogP contribution in [0, 0.1) is 13.8 Å². The maximum atomic E-state index is 12.8. The fourth-order valence-electron chi connectivity index (χ4n) is 3.26. The number of amides is 3. The van der Waals surface area contributed by atoms with Gasteiger partial charge in [-0.3, -0.25) is 14.4 Å². The lowest BCUT2D eigenvalue weighted by Crippen LogP contribution is -2.38. The molecule has 0 atom stereocenters. The third-order valence-corrected chi connectivity index (χ3v) is 6.20. The van der Waals surface area contributed by atoms with Crippen molar-refractivity contribution in [3.8, 4) is 0 Å². The molecule has 34 heavy (non-hydrogen) atoms. The number of anilines is 2. The molecule has 0 saturated heterocycles. The largest absolute Gasteiger partial charge is 0.329 e. The summed E-state index contributed by atoms with van der Waals surface area (Å²) in [5.74, 6) is -0.776. The molecule has 0 aliphatic carbocycles. The average Bonchev–Trinajstić information content (AvgIpc) is 3.22. The number of halogens is 1. The number of nitrogens with one attached hydrogen (secondary N) is 2. The molecule has 2 aromatic carbocycles. The smallest absolute Gasteiger partial charge is 0.254 e. The molecule has 0 spiro atoms. The maximum absolute atomic E-state index is 12.8. The van der Waals surface area contributed by atoms with Crippen LogP contribution in [0.3, 0.4) is 0 Å². The van der Waals surface area contributed by atoms with Crippen LogP contribution in [-0.4, -0.2) is 40.7 Å². The Labute approximate surface area is 208 Å². The molecule has 1 aromatic heterocycles. The zero-order valence-corrected chi connectivity index (χ0v) is 20.9. The number of carbonyl (C=O) groups is 3. The number of aryl methyl sites for hydroxylation is 2. The quantitative estimate of drug-likeness (QED) is 0.430. The average molecular weight is 499 g/mol. The molecule has 0 fully saturated rings. The number of hydrogen-bond donors (Lipinski definition) is 2. The third kappa shape index (κ3) is 7.13. The molecule has 1 heterocycles. The molecule has 3 rings (SSSR count). The molecule has 0 aliphatic rings. The molecule has 0 aliphatic heterocycles. The molecule has 0 saturated carbocycles. The van der Waals surface area contributed by atoms with Crippen molar-refractivity contribution in [1.29, 1.82) is 0 Å². The van der Waals surface area contributed by atoms with Gasteiger partial charge in [0.1, 0.15) is 6.54 Å². The molecular formula is C25H27ClN4O3S. The summed E-state index contributed by atoms with van der Waals surface area (Å²) in [5, 5.41) is 8.25. The van der Waals surface area contributed by atoms with E-state index >= 15 is 0 Å². The summed E-state index contributed by atoms with van der Waals surface area (Å²) in [7, 11) is 0. The van der Waals surface area contributed by atoms with Crippen LogP contribution in [0.4, 0.5) is 10.8 Å². The molecule has 178 valence electrons. The maximum Gasteiger partial charge on any atom is 0.254 e. The van der Waals surface area contributed by atoms with E-state index in [1.807, 2.05) is 39.0 Å². The first-order valence-electron chi connectivity index (χ1n) is 10.9. The normalized spacial score (nSPS) is 10.6. The van der Waals surface area contributed by atoms with Crippen LogP contribution < -0.4 is 10.6 Å². The first-order chi connectivity index (χ1) is 16.2. The van der Waals surface area contributed by atoms with Crippen molar-refractivity contribution in [3.05, 3.63) is 75.3 Å². The Balaban J connectivity index is 1.55. The van der Waals surface area contributed by atoms with Gasteiger partial charge in [-0.15, -0.1) is 11.3 Å². The Hall–Kier alpha value is -3.23. The number of thiazole rings is 1. The van der Waals surface area contributed by atoms with Crippen molar-refractivity contribution in [2.75, 3.05) is 23.7 Å². The standard InChI is InChI=1S/C25H27ClN4O3S/c1-4-11-30(24(33)18-6-8-19(26)9-7-18)14-23(32)29-25-28-21(15-34-25)13-22(31)27-20-10-5-16(2)17(3)12-20/h5-10,12,15H,4,11,13-14H2,1-3H3,(H,27,31)(H,28,29,32). The fraction of sp³-hybridized carbons (Fsp3) is 0.280. The second-order valence-corrected chi connectivity index (χ2v) is 9.24. The lowest BCUT2D eigenvalue weighted by atomic mass is 10.1. The highest BCUT2D eigenvalue weighted by molar-refractivity contribution is 7.13. The van der Waals surface area contributed by atoms with Crippen molar-refractivity contribution in [1.82, 2.24) is 9.88 Å². The number of nitrogens with zero attached hydrogens (tertiary/aromatic N) is 2. The molecule has 0 bridgehead atoms. The molecular weight excluding hydrogens is 472 g/mol. The first-order valence-corrected chi connectivity index (χ1v) is 12.2. The van der Waals surface area contributed by atoms with Gasteiger partial charge in [0, 0.05) is 28.2 Å². The van der Waals surface area contributed by atoms with E-state index in [0.29, 0.717) is 34.4 Å². The van der Waals surface area contributed by atoms with Crippen LogP contribution in [-0.2, 0) is 16.0 Å². The summed E-state index contributed by atoms with van der Waals surface area (Å²) in [6.07, 6.45) is 0.805. The van der Waals surface area contributed by atoms with Crippen molar-refractivity contribution in [2.24, 2.45) is 0 Å². The topological polar surface area (TPSA) is 91.4 Å². The fourth-order valence-corrected chi connectivity index (χ4v) is 4.12. The van der Waals surface area contributed by atoms with Crippen molar-refractivity contribution in [3.63, 3.8) is 0 Å². The number of carbonyl (C=O) groups excluding carboxylic acids is 3. The zero-order chi connectivity index (χ0) is 24.7. The predicted molar refractivity (Wildman–Crippen MR) is 137 cm³/mol. The van der Waals surface area contributed by atoms with Crippen LogP contribution in [0.25, 0.3) is 0 Å². The van der Waals surface area contributed by atoms with Crippen LogP contribution in [0.2, 0.25) is 5.02 Å². The van der Waals surface area contributed by atoms with Crippen LogP contribution >= 0.6 is 22.9 Å². The van der Waals surface area contributed by atoms with Gasteiger partial charge in [0.25, 0.3) is 5.91 Å². The highest BCUT2D eigenvalue weighted by Crippen LogP contribution is 2.18. The minimum atomic E-state index is -0.351. The Morgan fingerprint density at radius 1 is 1.00 bits per heavy atom. The number of benzene rings is 2. The van der Waals surface area contributed by atoms with Crippen LogP contribution in [0.1, 0.15) is 40.5 Å². The molecule has 3 aromatic rings. The van der Waals surface area contributed by atoms with Gasteiger partial charge in [-0.1, -0.05) is 24.6 Å². The van der Waals surface area contributed by atoms with Crippen LogP contribution in [0.5, 0.6) is 0 Å². The van der Waals surface area contributed by atoms with E-state index in [2.05, 4.69) is 15.6 Å². The monoisotopic (exact) mass is 498 g/mol. The number of aromatic nitrogens is 1. The Morgan fingerprint density at radius 3 is 2.41 bits per heavy atom. The van der Waals surface area contributed by atoms with E-state index < -0.39 is 0 Å². The highest BCUT2D eigenvalue weighted by Gasteiger charge is 2.19. The first kappa shape index (κ1) is 25.4. The summed E-state index contributed by atoms with van der Waals surface area (Å²) < 4.78 is 0. The molecule has 0 radical (unpaired) electrons. The molecule has 7 nitrogen and oxygen atoms in total. The highest BCUT2D eigenvalue weighted by atomic mass is 35.5. The van der Waals surface area contributed by atoms with E-state index in [9.17, 15) is 14.4 Å². The summed E-state index contributed by atoms with van der Waals surface area (Å²) in [4.78, 5) is 43.6. The Morgan fingerprint density at radius 2 is 1.74 bits per heavy atom. The van der Waals surface area contributed by atoms with E-state index in [1.165, 1.54) is 16.2 Å². The van der Waals surface area contributed by atoms with E-state index in [4.69, 9.17) is 11.6 Å². The van der Waals surface area contributed by atoms with Crippen molar-refractivity contribution < 1.29 is 14.4 Å². The SMILES string of the molecule is CCCN(CC(=O)Nc1nc(CC(=O)Nc2ccc(C)c(C)c2)cs1)C(=O)c1ccc(Cl)cc1. The van der Waals surface area contributed by atoms with Gasteiger partial charge in [0.2, 0.25) is 11.8 Å². The lowest BCUT2D eigenvalue weighted by molar-refractivity contribution is -0.117. The van der Waals surface area contributed by atoms with E-state index in [1.54, 1.807) is 29.6 Å². The zero-order valence-electron chi connectivity index (χ0n) is 19.4. The Bertz CT molecular complexity index is 1180. The molecule has 3 amide bonds. The van der Waals surface area contributed by atoms with Gasteiger partial charge in [-0.2, -0.15) is 0 Å². The van der Waals surface area contributed by atoms with Gasteiger partial charge >= 0.3 is 0 Å². The minimum absolute atomic E-state index is 0.0936.